The Morgan fingerprint density at radius 1 is 0.862 bits per heavy atom. The molecule has 0 aliphatic carbocycles. The fourth-order valence-electron chi connectivity index (χ4n) is 2.76. The summed E-state index contributed by atoms with van der Waals surface area (Å²) in [7, 11) is 1.60. The highest BCUT2D eigenvalue weighted by atomic mass is 16.5. The number of para-hydroxylation sites is 1. The maximum Gasteiger partial charge on any atom is 0.343 e. The van der Waals surface area contributed by atoms with Gasteiger partial charge in [-0.1, -0.05) is 36.4 Å². The number of ether oxygens (including phenoxy) is 2. The quantitative estimate of drug-likeness (QED) is 0.245. The Morgan fingerprint density at radius 3 is 2.28 bits per heavy atom. The summed E-state index contributed by atoms with van der Waals surface area (Å²) >= 11 is 0. The number of aryl methyl sites for hydroxylation is 2. The second kappa shape index (κ2) is 9.02. The Hall–Kier alpha value is -3.66. The van der Waals surface area contributed by atoms with Crippen molar-refractivity contribution in [2.24, 2.45) is 0 Å². The number of hydrogen-bond donors (Lipinski definition) is 0. The van der Waals surface area contributed by atoms with E-state index < -0.39 is 5.97 Å². The third-order valence-corrected chi connectivity index (χ3v) is 4.64. The molecular formula is C25H22O4. The maximum atomic E-state index is 12.7. The molecule has 0 aliphatic rings. The lowest BCUT2D eigenvalue weighted by Crippen LogP contribution is -2.11. The van der Waals surface area contributed by atoms with Crippen LogP contribution in [-0.2, 0) is 0 Å². The molecule has 3 rings (SSSR count). The first-order chi connectivity index (χ1) is 14.0. The third-order valence-electron chi connectivity index (χ3n) is 4.64. The van der Waals surface area contributed by atoms with E-state index in [1.54, 1.807) is 49.6 Å². The first kappa shape index (κ1) is 20.1. The Labute approximate surface area is 170 Å². The van der Waals surface area contributed by atoms with Crippen LogP contribution in [0.5, 0.6) is 11.5 Å². The van der Waals surface area contributed by atoms with E-state index >= 15 is 0 Å². The van der Waals surface area contributed by atoms with Crippen molar-refractivity contribution in [3.05, 3.63) is 101 Å². The minimum atomic E-state index is -0.493. The molecule has 0 unspecified atom stereocenters. The largest absolute Gasteiger partial charge is 0.497 e. The number of carbonyl (C=O) groups is 2. The Morgan fingerprint density at radius 2 is 1.59 bits per heavy atom. The molecule has 29 heavy (non-hydrogen) atoms. The van der Waals surface area contributed by atoms with Crippen molar-refractivity contribution >= 4 is 17.8 Å². The van der Waals surface area contributed by atoms with Gasteiger partial charge in [-0.3, -0.25) is 4.79 Å². The number of methoxy groups -OCH3 is 1. The van der Waals surface area contributed by atoms with Crippen molar-refractivity contribution in [3.8, 4) is 11.5 Å². The highest BCUT2D eigenvalue weighted by Gasteiger charge is 2.15. The molecule has 146 valence electrons. The van der Waals surface area contributed by atoms with E-state index in [1.165, 1.54) is 6.08 Å². The molecule has 0 fully saturated rings. The SMILES string of the molecule is COc1ccc(/C=C/C(=O)c2ccccc2OC(=O)c2ccc(C)c(C)c2)cc1. The van der Waals surface area contributed by atoms with Crippen LogP contribution in [0, 0.1) is 13.8 Å². The predicted molar refractivity (Wildman–Crippen MR) is 114 cm³/mol. The Kier molecular flexibility index (Phi) is 6.25. The summed E-state index contributed by atoms with van der Waals surface area (Å²) in [5.41, 5.74) is 3.74. The van der Waals surface area contributed by atoms with Gasteiger partial charge in [0, 0.05) is 0 Å². The number of benzene rings is 3. The first-order valence-electron chi connectivity index (χ1n) is 9.23. The van der Waals surface area contributed by atoms with Crippen molar-refractivity contribution < 1.29 is 19.1 Å². The number of esters is 1. The van der Waals surface area contributed by atoms with Gasteiger partial charge in [-0.05, 0) is 73.0 Å². The lowest BCUT2D eigenvalue weighted by Gasteiger charge is -2.09. The smallest absolute Gasteiger partial charge is 0.343 e. The summed E-state index contributed by atoms with van der Waals surface area (Å²) in [6.45, 7) is 3.92. The van der Waals surface area contributed by atoms with Crippen molar-refractivity contribution in [2.75, 3.05) is 7.11 Å². The summed E-state index contributed by atoms with van der Waals surface area (Å²) < 4.78 is 10.6. The van der Waals surface area contributed by atoms with Crippen LogP contribution < -0.4 is 9.47 Å². The van der Waals surface area contributed by atoms with Crippen LogP contribution in [0.25, 0.3) is 6.08 Å². The molecule has 4 heteroatoms. The lowest BCUT2D eigenvalue weighted by molar-refractivity contribution is 0.0733. The number of ketones is 1. The van der Waals surface area contributed by atoms with E-state index in [0.717, 1.165) is 22.4 Å². The molecule has 0 aromatic heterocycles. The van der Waals surface area contributed by atoms with Crippen molar-refractivity contribution in [2.45, 2.75) is 13.8 Å². The Balaban J connectivity index is 1.78. The van der Waals surface area contributed by atoms with Gasteiger partial charge in [-0.15, -0.1) is 0 Å². The van der Waals surface area contributed by atoms with Crippen LogP contribution >= 0.6 is 0 Å². The molecule has 3 aromatic rings. The zero-order valence-corrected chi connectivity index (χ0v) is 16.6. The summed E-state index contributed by atoms with van der Waals surface area (Å²) in [5.74, 6) is 0.244. The fraction of sp³-hybridized carbons (Fsp3) is 0.120. The van der Waals surface area contributed by atoms with Crippen molar-refractivity contribution in [1.82, 2.24) is 0 Å². The van der Waals surface area contributed by atoms with Crippen LogP contribution in [-0.4, -0.2) is 18.9 Å². The number of carbonyl (C=O) groups excluding carboxylic acids is 2. The van der Waals surface area contributed by atoms with Gasteiger partial charge in [-0.2, -0.15) is 0 Å². The second-order valence-corrected chi connectivity index (χ2v) is 6.66. The van der Waals surface area contributed by atoms with E-state index in [-0.39, 0.29) is 11.5 Å². The molecule has 0 radical (unpaired) electrons. The summed E-state index contributed by atoms with van der Waals surface area (Å²) in [6.07, 6.45) is 3.17. The molecule has 0 atom stereocenters. The summed E-state index contributed by atoms with van der Waals surface area (Å²) in [4.78, 5) is 25.2. The molecule has 0 bridgehead atoms. The molecule has 3 aromatic carbocycles. The number of hydrogen-bond acceptors (Lipinski definition) is 4. The molecule has 0 N–H and O–H groups in total. The van der Waals surface area contributed by atoms with E-state index in [0.29, 0.717) is 11.1 Å². The molecule has 4 nitrogen and oxygen atoms in total. The van der Waals surface area contributed by atoms with E-state index in [1.807, 2.05) is 44.2 Å². The standard InChI is InChI=1S/C25H22O4/c1-17-8-12-20(16-18(17)2)25(27)29-24-7-5-4-6-22(24)23(26)15-11-19-9-13-21(28-3)14-10-19/h4-16H,1-3H3/b15-11+. The number of allylic oxidation sites excluding steroid dienone is 1. The predicted octanol–water partition coefficient (Wildman–Crippen LogP) is 5.43. The van der Waals surface area contributed by atoms with Crippen molar-refractivity contribution in [1.29, 1.82) is 0 Å². The van der Waals surface area contributed by atoms with Gasteiger partial charge < -0.3 is 9.47 Å². The zero-order valence-electron chi connectivity index (χ0n) is 16.6. The minimum Gasteiger partial charge on any atom is -0.497 e. The monoisotopic (exact) mass is 386 g/mol. The first-order valence-corrected chi connectivity index (χ1v) is 9.23. The van der Waals surface area contributed by atoms with Gasteiger partial charge in [0.25, 0.3) is 0 Å². The second-order valence-electron chi connectivity index (χ2n) is 6.66. The van der Waals surface area contributed by atoms with Gasteiger partial charge in [0.15, 0.2) is 5.78 Å². The number of rotatable bonds is 6. The van der Waals surface area contributed by atoms with Crippen LogP contribution in [0.4, 0.5) is 0 Å². The normalized spacial score (nSPS) is 10.7. The summed E-state index contributed by atoms with van der Waals surface area (Å²) in [6, 6.07) is 19.5. The molecule has 0 amide bonds. The highest BCUT2D eigenvalue weighted by molar-refractivity contribution is 6.09. The lowest BCUT2D eigenvalue weighted by atomic mass is 10.1. The van der Waals surface area contributed by atoms with Crippen molar-refractivity contribution in [3.63, 3.8) is 0 Å². The Bertz CT molecular complexity index is 1060. The van der Waals surface area contributed by atoms with E-state index in [2.05, 4.69) is 0 Å². The molecule has 0 saturated carbocycles. The van der Waals surface area contributed by atoms with Crippen LogP contribution in [0.3, 0.4) is 0 Å². The molecule has 0 spiro atoms. The zero-order chi connectivity index (χ0) is 20.8. The fourth-order valence-corrected chi connectivity index (χ4v) is 2.76. The maximum absolute atomic E-state index is 12.7. The molecular weight excluding hydrogens is 364 g/mol. The minimum absolute atomic E-state index is 0.236. The third kappa shape index (κ3) is 4.99. The molecule has 0 saturated heterocycles. The van der Waals surface area contributed by atoms with Gasteiger partial charge in [0.1, 0.15) is 11.5 Å². The van der Waals surface area contributed by atoms with Gasteiger partial charge in [-0.25, -0.2) is 4.79 Å². The average molecular weight is 386 g/mol. The van der Waals surface area contributed by atoms with Gasteiger partial charge in [0.2, 0.25) is 0 Å². The average Bonchev–Trinajstić information content (AvgIpc) is 2.74. The molecule has 0 aliphatic heterocycles. The summed E-state index contributed by atoms with van der Waals surface area (Å²) in [5, 5.41) is 0. The van der Waals surface area contributed by atoms with Gasteiger partial charge in [0.05, 0.1) is 18.2 Å². The van der Waals surface area contributed by atoms with Crippen LogP contribution in [0.2, 0.25) is 0 Å². The highest BCUT2D eigenvalue weighted by Crippen LogP contribution is 2.22. The van der Waals surface area contributed by atoms with Crippen LogP contribution in [0.1, 0.15) is 37.4 Å². The topological polar surface area (TPSA) is 52.6 Å². The van der Waals surface area contributed by atoms with Crippen LogP contribution in [0.15, 0.2) is 72.8 Å². The van der Waals surface area contributed by atoms with Gasteiger partial charge >= 0.3 is 5.97 Å². The van der Waals surface area contributed by atoms with E-state index in [9.17, 15) is 9.59 Å². The molecule has 0 heterocycles. The van der Waals surface area contributed by atoms with E-state index in [4.69, 9.17) is 9.47 Å².